The molecule has 2 N–H and O–H groups in total. The van der Waals surface area contributed by atoms with Gasteiger partial charge < -0.3 is 10.3 Å². The van der Waals surface area contributed by atoms with Crippen molar-refractivity contribution in [3.63, 3.8) is 0 Å². The van der Waals surface area contributed by atoms with Crippen molar-refractivity contribution in [3.05, 3.63) is 58.3 Å². The Morgan fingerprint density at radius 2 is 1.82 bits per heavy atom. The third-order valence-electron chi connectivity index (χ3n) is 3.16. The van der Waals surface area contributed by atoms with Gasteiger partial charge in [-0.05, 0) is 23.3 Å². The first-order valence-electron chi connectivity index (χ1n) is 6.50. The molecule has 0 bridgehead atoms. The summed E-state index contributed by atoms with van der Waals surface area (Å²) in [7, 11) is 0. The lowest BCUT2D eigenvalue weighted by atomic mass is 10.00. The number of oxime groups is 1. The number of rotatable bonds is 5. The molecule has 0 aliphatic carbocycles. The predicted octanol–water partition coefficient (Wildman–Crippen LogP) is 4.30. The normalized spacial score (nSPS) is 11.5. The maximum absolute atomic E-state index is 13.9. The minimum Gasteiger partial charge on any atom is -0.481 e. The van der Waals surface area contributed by atoms with Crippen molar-refractivity contribution in [1.82, 2.24) is 0 Å². The molecular formula is C16H13BrFNO3. The molecule has 0 unspecified atom stereocenters. The molecule has 2 aromatic carbocycles. The first-order chi connectivity index (χ1) is 10.5. The van der Waals surface area contributed by atoms with Gasteiger partial charge in [0.05, 0.1) is 12.1 Å². The van der Waals surface area contributed by atoms with E-state index in [2.05, 4.69) is 21.1 Å². The number of nitrogens with zero attached hydrogens (tertiary/aromatic N) is 1. The van der Waals surface area contributed by atoms with E-state index in [1.807, 2.05) is 0 Å². The Labute approximate surface area is 135 Å². The number of carbonyl (C=O) groups is 1. The third-order valence-corrected chi connectivity index (χ3v) is 3.65. The number of carboxylic acid groups (broad SMARTS) is 1. The molecule has 0 amide bonds. The second kappa shape index (κ2) is 7.17. The molecule has 0 aliphatic heterocycles. The van der Waals surface area contributed by atoms with Crippen LogP contribution in [0.4, 0.5) is 4.39 Å². The highest BCUT2D eigenvalue weighted by Gasteiger charge is 2.09. The zero-order chi connectivity index (χ0) is 16.1. The van der Waals surface area contributed by atoms with Gasteiger partial charge in [0.1, 0.15) is 5.82 Å². The molecule has 6 heteroatoms. The molecule has 4 nitrogen and oxygen atoms in total. The molecule has 114 valence electrons. The Hall–Kier alpha value is -2.21. The molecule has 0 aliphatic rings. The summed E-state index contributed by atoms with van der Waals surface area (Å²) >= 11 is 3.21. The number of hydrogen-bond donors (Lipinski definition) is 2. The van der Waals surface area contributed by atoms with Crippen LogP contribution in [0.5, 0.6) is 0 Å². The van der Waals surface area contributed by atoms with Gasteiger partial charge in [-0.25, -0.2) is 4.39 Å². The topological polar surface area (TPSA) is 69.9 Å². The zero-order valence-corrected chi connectivity index (χ0v) is 13.0. The average Bonchev–Trinajstić information content (AvgIpc) is 2.48. The summed E-state index contributed by atoms with van der Waals surface area (Å²) in [5.74, 6) is -1.31. The molecule has 0 aromatic heterocycles. The molecule has 2 aromatic rings. The van der Waals surface area contributed by atoms with Gasteiger partial charge in [-0.2, -0.15) is 0 Å². The summed E-state index contributed by atoms with van der Waals surface area (Å²) in [6, 6.07) is 11.6. The minimum atomic E-state index is -0.963. The molecule has 0 saturated carbocycles. The lowest BCUT2D eigenvalue weighted by Gasteiger charge is -2.07. The van der Waals surface area contributed by atoms with Gasteiger partial charge in [0.25, 0.3) is 0 Å². The van der Waals surface area contributed by atoms with Crippen LogP contribution in [0, 0.1) is 5.82 Å². The summed E-state index contributed by atoms with van der Waals surface area (Å²) in [5.41, 5.74) is 2.03. The van der Waals surface area contributed by atoms with Crippen LogP contribution in [-0.4, -0.2) is 22.0 Å². The molecule has 0 fully saturated rings. The molecule has 0 heterocycles. The molecule has 0 spiro atoms. The van der Waals surface area contributed by atoms with Crippen LogP contribution in [0.2, 0.25) is 0 Å². The highest BCUT2D eigenvalue weighted by Crippen LogP contribution is 2.26. The number of halogens is 2. The van der Waals surface area contributed by atoms with Gasteiger partial charge in [0.2, 0.25) is 0 Å². The lowest BCUT2D eigenvalue weighted by Crippen LogP contribution is -2.05. The first-order valence-corrected chi connectivity index (χ1v) is 7.29. The zero-order valence-electron chi connectivity index (χ0n) is 11.5. The van der Waals surface area contributed by atoms with Gasteiger partial charge in [0, 0.05) is 16.5 Å². The van der Waals surface area contributed by atoms with E-state index >= 15 is 0 Å². The average molecular weight is 366 g/mol. The summed E-state index contributed by atoms with van der Waals surface area (Å²) in [4.78, 5) is 10.6. The smallest absolute Gasteiger partial charge is 0.303 e. The van der Waals surface area contributed by atoms with E-state index in [4.69, 9.17) is 10.3 Å². The van der Waals surface area contributed by atoms with E-state index in [9.17, 15) is 9.18 Å². The Morgan fingerprint density at radius 1 is 1.14 bits per heavy atom. The highest BCUT2D eigenvalue weighted by molar-refractivity contribution is 9.10. The van der Waals surface area contributed by atoms with Crippen LogP contribution >= 0.6 is 15.9 Å². The number of carboxylic acids is 1. The van der Waals surface area contributed by atoms with Gasteiger partial charge in [0.15, 0.2) is 0 Å². The van der Waals surface area contributed by atoms with Crippen molar-refractivity contribution in [2.45, 2.75) is 12.8 Å². The van der Waals surface area contributed by atoms with Crippen LogP contribution in [0.1, 0.15) is 18.4 Å². The van der Waals surface area contributed by atoms with E-state index in [0.717, 1.165) is 0 Å². The second-order valence-electron chi connectivity index (χ2n) is 4.64. The number of aliphatic carboxylic acids is 1. The summed E-state index contributed by atoms with van der Waals surface area (Å²) < 4.78 is 14.6. The van der Waals surface area contributed by atoms with Crippen molar-refractivity contribution in [1.29, 1.82) is 0 Å². The fourth-order valence-corrected chi connectivity index (χ4v) is 2.38. The van der Waals surface area contributed by atoms with E-state index in [0.29, 0.717) is 21.2 Å². The highest BCUT2D eigenvalue weighted by atomic mass is 79.9. The largest absolute Gasteiger partial charge is 0.481 e. The molecule has 2 rings (SSSR count). The van der Waals surface area contributed by atoms with Crippen molar-refractivity contribution in [2.75, 3.05) is 0 Å². The molecule has 0 saturated heterocycles. The van der Waals surface area contributed by atoms with Gasteiger partial charge in [-0.3, -0.25) is 4.79 Å². The van der Waals surface area contributed by atoms with E-state index in [1.165, 1.54) is 6.07 Å². The van der Waals surface area contributed by atoms with Crippen LogP contribution in [-0.2, 0) is 4.79 Å². The fraction of sp³-hybridized carbons (Fsp3) is 0.125. The monoisotopic (exact) mass is 365 g/mol. The van der Waals surface area contributed by atoms with E-state index in [1.54, 1.807) is 36.4 Å². The van der Waals surface area contributed by atoms with Crippen molar-refractivity contribution in [3.8, 4) is 11.1 Å². The number of benzene rings is 2. The van der Waals surface area contributed by atoms with Crippen LogP contribution in [0.15, 0.2) is 52.1 Å². The molecule has 0 radical (unpaired) electrons. The van der Waals surface area contributed by atoms with E-state index < -0.39 is 5.97 Å². The summed E-state index contributed by atoms with van der Waals surface area (Å²) in [5, 5.41) is 20.8. The fourth-order valence-electron chi connectivity index (χ4n) is 2.04. The maximum Gasteiger partial charge on any atom is 0.303 e. The van der Waals surface area contributed by atoms with Crippen molar-refractivity contribution in [2.24, 2.45) is 5.16 Å². The maximum atomic E-state index is 13.9. The van der Waals surface area contributed by atoms with Gasteiger partial charge in [-0.15, -0.1) is 0 Å². The van der Waals surface area contributed by atoms with Crippen LogP contribution in [0.3, 0.4) is 0 Å². The Kier molecular flexibility index (Phi) is 5.27. The first kappa shape index (κ1) is 16.2. The minimum absolute atomic E-state index is 0.123. The Morgan fingerprint density at radius 3 is 2.36 bits per heavy atom. The van der Waals surface area contributed by atoms with Gasteiger partial charge in [-0.1, -0.05) is 51.4 Å². The predicted molar refractivity (Wildman–Crippen MR) is 84.7 cm³/mol. The van der Waals surface area contributed by atoms with E-state index in [-0.39, 0.29) is 24.4 Å². The van der Waals surface area contributed by atoms with Crippen LogP contribution < -0.4 is 0 Å². The summed E-state index contributed by atoms with van der Waals surface area (Å²) in [6.07, 6.45) is 0.000307. The SMILES string of the molecule is O=C(O)CC/C(=N\O)c1ccc(-c2ccc(Br)cc2F)cc1. The van der Waals surface area contributed by atoms with Crippen molar-refractivity contribution >= 4 is 27.6 Å². The standard InChI is InChI=1S/C16H13BrFNO3/c17-12-5-6-13(14(18)9-12)10-1-3-11(4-2-10)15(19-22)7-8-16(20)21/h1-6,9,22H,7-8H2,(H,20,21)/b19-15+. The quantitative estimate of drug-likeness (QED) is 0.471. The Bertz CT molecular complexity index is 714. The summed E-state index contributed by atoms with van der Waals surface area (Å²) in [6.45, 7) is 0. The Balaban J connectivity index is 2.24. The third kappa shape index (κ3) is 3.92. The second-order valence-corrected chi connectivity index (χ2v) is 5.56. The van der Waals surface area contributed by atoms with Crippen molar-refractivity contribution < 1.29 is 19.5 Å². The van der Waals surface area contributed by atoms with Crippen LogP contribution in [0.25, 0.3) is 11.1 Å². The lowest BCUT2D eigenvalue weighted by molar-refractivity contribution is -0.136. The van der Waals surface area contributed by atoms with Gasteiger partial charge >= 0.3 is 5.97 Å². The molecule has 22 heavy (non-hydrogen) atoms. The number of hydrogen-bond acceptors (Lipinski definition) is 3. The molecular weight excluding hydrogens is 353 g/mol. The molecule has 0 atom stereocenters.